The lowest BCUT2D eigenvalue weighted by molar-refractivity contribution is 0.766. The zero-order chi connectivity index (χ0) is 38.9. The van der Waals surface area contributed by atoms with Crippen LogP contribution in [0.5, 0.6) is 0 Å². The van der Waals surface area contributed by atoms with Crippen LogP contribution in [0.2, 0.25) is 0 Å². The van der Waals surface area contributed by atoms with Gasteiger partial charge in [0, 0.05) is 34.4 Å². The number of benzene rings is 8. The summed E-state index contributed by atoms with van der Waals surface area (Å²) in [5.41, 5.74) is 15.5. The maximum atomic E-state index is 6.03. The Bertz CT molecular complexity index is 2930. The second-order valence-electron chi connectivity index (χ2n) is 15.1. The predicted molar refractivity (Wildman–Crippen MR) is 244 cm³/mol. The van der Waals surface area contributed by atoms with Gasteiger partial charge in [0.15, 0.2) is 0 Å². The Morgan fingerprint density at radius 1 is 0.534 bits per heavy atom. The van der Waals surface area contributed by atoms with Crippen LogP contribution in [0.15, 0.2) is 212 Å². The number of fused-ring (bicyclic) bond motifs is 6. The topological polar surface area (TPSA) is 8.17 Å². The zero-order valence-corrected chi connectivity index (χ0v) is 32.3. The molecule has 1 aliphatic rings. The second kappa shape index (κ2) is 15.0. The summed E-state index contributed by atoms with van der Waals surface area (Å²) < 4.78 is 2.36. The van der Waals surface area contributed by atoms with Gasteiger partial charge in [-0.1, -0.05) is 158 Å². The smallest absolute Gasteiger partial charge is 0.0714 e. The van der Waals surface area contributed by atoms with Crippen molar-refractivity contribution in [3.8, 4) is 29.2 Å². The van der Waals surface area contributed by atoms with E-state index in [0.717, 1.165) is 25.1 Å². The van der Waals surface area contributed by atoms with Crippen molar-refractivity contribution < 1.29 is 0 Å². The normalized spacial score (nSPS) is 12.9. The highest BCUT2D eigenvalue weighted by Crippen LogP contribution is 2.57. The highest BCUT2D eigenvalue weighted by atomic mass is 15.1. The van der Waals surface area contributed by atoms with Crippen molar-refractivity contribution in [2.24, 2.45) is 0 Å². The largest absolute Gasteiger partial charge is 0.341 e. The minimum Gasteiger partial charge on any atom is -0.341 e. The molecule has 0 radical (unpaired) electrons. The predicted octanol–water partition coefficient (Wildman–Crippen LogP) is 13.8. The number of aromatic nitrogens is 1. The minimum atomic E-state index is -0.461. The molecule has 276 valence electrons. The molecule has 58 heavy (non-hydrogen) atoms. The lowest BCUT2D eigenvalue weighted by Crippen LogP contribution is -2.29. The van der Waals surface area contributed by atoms with Crippen molar-refractivity contribution in [2.75, 3.05) is 11.4 Å². The Kier molecular flexibility index (Phi) is 9.05. The third-order valence-corrected chi connectivity index (χ3v) is 12.0. The van der Waals surface area contributed by atoms with E-state index < -0.39 is 5.41 Å². The fourth-order valence-electron chi connectivity index (χ4n) is 9.47. The lowest BCUT2D eigenvalue weighted by Gasteiger charge is -2.35. The molecule has 0 spiro atoms. The summed E-state index contributed by atoms with van der Waals surface area (Å²) in [5.74, 6) is 2.88. The average molecular weight is 743 g/mol. The second-order valence-corrected chi connectivity index (χ2v) is 15.1. The van der Waals surface area contributed by atoms with Crippen LogP contribution >= 0.6 is 0 Å². The number of hydrogen-bond donors (Lipinski definition) is 0. The molecule has 1 aromatic heterocycles. The maximum Gasteiger partial charge on any atom is 0.0714 e. The van der Waals surface area contributed by atoms with Crippen molar-refractivity contribution in [2.45, 2.75) is 18.3 Å². The Morgan fingerprint density at radius 2 is 1.14 bits per heavy atom. The minimum absolute atomic E-state index is 0.461. The van der Waals surface area contributed by atoms with Gasteiger partial charge in [-0.3, -0.25) is 0 Å². The number of allylic oxidation sites excluding steroid dienone is 2. The van der Waals surface area contributed by atoms with E-state index in [1.807, 2.05) is 6.08 Å². The highest BCUT2D eigenvalue weighted by molar-refractivity contribution is 6.10. The molecule has 0 aliphatic heterocycles. The molecular formula is C56H42N2. The van der Waals surface area contributed by atoms with Crippen molar-refractivity contribution in [3.05, 3.63) is 240 Å². The molecule has 0 unspecified atom stereocenters. The van der Waals surface area contributed by atoms with Gasteiger partial charge in [-0.2, -0.15) is 0 Å². The van der Waals surface area contributed by atoms with Gasteiger partial charge in [-0.25, -0.2) is 0 Å². The van der Waals surface area contributed by atoms with E-state index in [4.69, 9.17) is 6.42 Å². The average Bonchev–Trinajstić information content (AvgIpc) is 3.79. The van der Waals surface area contributed by atoms with Crippen LogP contribution in [0.25, 0.3) is 44.2 Å². The van der Waals surface area contributed by atoms with Gasteiger partial charge in [0.25, 0.3) is 0 Å². The van der Waals surface area contributed by atoms with E-state index in [-0.39, 0.29) is 0 Å². The van der Waals surface area contributed by atoms with E-state index in [0.29, 0.717) is 0 Å². The van der Waals surface area contributed by atoms with Crippen molar-refractivity contribution in [3.63, 3.8) is 0 Å². The zero-order valence-electron chi connectivity index (χ0n) is 32.3. The van der Waals surface area contributed by atoms with Crippen molar-refractivity contribution in [1.82, 2.24) is 4.57 Å². The Hall–Kier alpha value is -7.34. The summed E-state index contributed by atoms with van der Waals surface area (Å²) in [7, 11) is 0. The Labute approximate surface area is 341 Å². The molecule has 9 aromatic rings. The Morgan fingerprint density at radius 3 is 1.86 bits per heavy atom. The molecule has 0 saturated carbocycles. The number of terminal acetylenes is 1. The van der Waals surface area contributed by atoms with Gasteiger partial charge in [-0.15, -0.1) is 6.42 Å². The number of rotatable bonds is 10. The fourth-order valence-corrected chi connectivity index (χ4v) is 9.47. The number of para-hydroxylation sites is 3. The first-order valence-corrected chi connectivity index (χ1v) is 20.2. The summed E-state index contributed by atoms with van der Waals surface area (Å²) in [6, 6.07) is 75.0. The van der Waals surface area contributed by atoms with E-state index in [9.17, 15) is 0 Å². The van der Waals surface area contributed by atoms with Crippen LogP contribution in [-0.4, -0.2) is 11.1 Å². The number of hydrogen-bond acceptors (Lipinski definition) is 1. The molecule has 2 nitrogen and oxygen atoms in total. The Balaban J connectivity index is 1.03. The van der Waals surface area contributed by atoms with Gasteiger partial charge >= 0.3 is 0 Å². The fraction of sp³-hybridized carbons (Fsp3) is 0.0714. The van der Waals surface area contributed by atoms with E-state index in [1.54, 1.807) is 0 Å². The van der Waals surface area contributed by atoms with Crippen molar-refractivity contribution >= 4 is 38.8 Å². The first-order chi connectivity index (χ1) is 28.8. The van der Waals surface area contributed by atoms with Gasteiger partial charge < -0.3 is 9.47 Å². The van der Waals surface area contributed by atoms with Crippen LogP contribution in [0.1, 0.15) is 40.7 Å². The van der Waals surface area contributed by atoms with E-state index in [2.05, 4.69) is 222 Å². The highest BCUT2D eigenvalue weighted by Gasteiger charge is 2.46. The SMILES string of the molecule is C#C/C=C(\CCCN(c1ccccc1)c1ccc2c(c1)C(c1ccccc1)(c1ccccc1)c1ccccc1-2)c1ccc2c(c1)c1ccccc1n2-c1ccccc1. The summed E-state index contributed by atoms with van der Waals surface area (Å²) >= 11 is 0. The molecule has 0 atom stereocenters. The molecule has 0 N–H and O–H groups in total. The van der Waals surface area contributed by atoms with Gasteiger partial charge in [0.1, 0.15) is 0 Å². The van der Waals surface area contributed by atoms with E-state index >= 15 is 0 Å². The molecule has 1 aliphatic carbocycles. The van der Waals surface area contributed by atoms with Gasteiger partial charge in [0.2, 0.25) is 0 Å². The van der Waals surface area contributed by atoms with Gasteiger partial charge in [-0.05, 0) is 118 Å². The quantitative estimate of drug-likeness (QED) is 0.127. The van der Waals surface area contributed by atoms with Crippen LogP contribution in [0.4, 0.5) is 11.4 Å². The summed E-state index contributed by atoms with van der Waals surface area (Å²) in [5, 5.41) is 2.46. The standard InChI is InChI=1S/C56H42N2/c1-2-20-41(42-34-37-55-51(39-42)50-31-16-18-33-54(50)58(55)46-28-13-6-14-29-46)21-19-38-57(45-26-11-5-12-27-45)47-35-36-49-48-30-15-17-32-52(48)56(53(49)40-47,43-22-7-3-8-23-43)44-24-9-4-10-25-44/h1,3-18,20,22-37,39-40H,19,21,38H2/b41-20+. The van der Waals surface area contributed by atoms with Gasteiger partial charge in [0.05, 0.1) is 16.4 Å². The summed E-state index contributed by atoms with van der Waals surface area (Å²) in [6.45, 7) is 0.816. The molecule has 8 aromatic carbocycles. The van der Waals surface area contributed by atoms with E-state index in [1.165, 1.54) is 77.7 Å². The summed E-state index contributed by atoms with van der Waals surface area (Å²) in [6.07, 6.45) is 9.74. The monoisotopic (exact) mass is 742 g/mol. The molecule has 0 saturated heterocycles. The van der Waals surface area contributed by atoms with Crippen LogP contribution in [0.3, 0.4) is 0 Å². The molecule has 0 amide bonds. The molecule has 1 heterocycles. The molecule has 2 heteroatoms. The first-order valence-electron chi connectivity index (χ1n) is 20.2. The number of anilines is 2. The first kappa shape index (κ1) is 35.1. The lowest BCUT2D eigenvalue weighted by atomic mass is 9.67. The third-order valence-electron chi connectivity index (χ3n) is 12.0. The number of nitrogens with zero attached hydrogens (tertiary/aromatic N) is 2. The molecule has 0 bridgehead atoms. The summed E-state index contributed by atoms with van der Waals surface area (Å²) in [4.78, 5) is 2.48. The van der Waals surface area contributed by atoms with Crippen molar-refractivity contribution in [1.29, 1.82) is 0 Å². The molecular weight excluding hydrogens is 701 g/mol. The van der Waals surface area contributed by atoms with Crippen LogP contribution < -0.4 is 4.90 Å². The van der Waals surface area contributed by atoms with Crippen LogP contribution in [0, 0.1) is 12.3 Å². The molecule has 10 rings (SSSR count). The van der Waals surface area contributed by atoms with Crippen LogP contribution in [-0.2, 0) is 5.41 Å². The maximum absolute atomic E-state index is 6.03. The third kappa shape index (κ3) is 5.83. The molecule has 0 fully saturated rings.